The molecular formula is C20H19N5OS2. The fourth-order valence-corrected chi connectivity index (χ4v) is 4.47. The number of amides is 1. The number of aromatic amines is 1. The Kier molecular flexibility index (Phi) is 5.40. The highest BCUT2D eigenvalue weighted by Gasteiger charge is 2.19. The Morgan fingerprint density at radius 1 is 1.14 bits per heavy atom. The van der Waals surface area contributed by atoms with Crippen LogP contribution >= 0.6 is 23.1 Å². The van der Waals surface area contributed by atoms with Crippen LogP contribution in [0, 0.1) is 6.92 Å². The van der Waals surface area contributed by atoms with Crippen molar-refractivity contribution in [3.8, 4) is 11.4 Å². The number of thiazole rings is 1. The molecule has 0 atom stereocenters. The molecule has 0 saturated carbocycles. The molecule has 8 heteroatoms. The zero-order valence-corrected chi connectivity index (χ0v) is 17.2. The Morgan fingerprint density at radius 2 is 1.93 bits per heavy atom. The quantitative estimate of drug-likeness (QED) is 0.473. The van der Waals surface area contributed by atoms with Crippen molar-refractivity contribution in [3.05, 3.63) is 54.1 Å². The van der Waals surface area contributed by atoms with Gasteiger partial charge in [-0.3, -0.25) is 14.8 Å². The Morgan fingerprint density at radius 3 is 2.68 bits per heavy atom. The predicted octanol–water partition coefficient (Wildman–Crippen LogP) is 4.54. The number of hydrogen-bond donors (Lipinski definition) is 1. The maximum Gasteiger partial charge on any atom is 0.239 e. The number of rotatable bonds is 6. The number of aromatic nitrogens is 4. The van der Waals surface area contributed by atoms with Crippen LogP contribution < -0.4 is 4.90 Å². The molecule has 0 fully saturated rings. The van der Waals surface area contributed by atoms with Crippen molar-refractivity contribution >= 4 is 44.4 Å². The highest BCUT2D eigenvalue weighted by atomic mass is 32.2. The third-order valence-corrected chi connectivity index (χ3v) is 6.14. The summed E-state index contributed by atoms with van der Waals surface area (Å²) in [7, 11) is 0. The first kappa shape index (κ1) is 18.6. The van der Waals surface area contributed by atoms with Gasteiger partial charge in [0.05, 0.1) is 16.0 Å². The second-order valence-electron chi connectivity index (χ2n) is 6.22. The summed E-state index contributed by atoms with van der Waals surface area (Å²) in [6.07, 6.45) is 0. The number of H-pyrrole nitrogens is 1. The van der Waals surface area contributed by atoms with E-state index in [-0.39, 0.29) is 11.7 Å². The number of para-hydroxylation sites is 1. The van der Waals surface area contributed by atoms with Gasteiger partial charge in [-0.15, -0.1) is 5.10 Å². The van der Waals surface area contributed by atoms with Crippen LogP contribution in [-0.2, 0) is 4.79 Å². The number of thioether (sulfide) groups is 1. The van der Waals surface area contributed by atoms with E-state index in [0.717, 1.165) is 20.9 Å². The molecule has 0 aliphatic heterocycles. The minimum atomic E-state index is -0.00626. The second kappa shape index (κ2) is 8.12. The van der Waals surface area contributed by atoms with Gasteiger partial charge in [-0.2, -0.15) is 0 Å². The lowest BCUT2D eigenvalue weighted by Crippen LogP contribution is -2.32. The molecule has 2 aromatic carbocycles. The SMILES string of the molecule is CCN(C(=O)CSc1n[nH]c(-c2ccc(C)cc2)n1)c1nc2ccccc2s1. The molecule has 6 nitrogen and oxygen atoms in total. The van der Waals surface area contributed by atoms with Crippen molar-refractivity contribution in [2.45, 2.75) is 19.0 Å². The second-order valence-corrected chi connectivity index (χ2v) is 8.18. The summed E-state index contributed by atoms with van der Waals surface area (Å²) in [5, 5.41) is 8.45. The lowest BCUT2D eigenvalue weighted by Gasteiger charge is -2.16. The largest absolute Gasteiger partial charge is 0.288 e. The molecule has 0 bridgehead atoms. The molecule has 2 aromatic heterocycles. The number of aryl methyl sites for hydroxylation is 1. The van der Waals surface area contributed by atoms with Crippen LogP contribution in [-0.4, -0.2) is 38.4 Å². The van der Waals surface area contributed by atoms with Crippen LogP contribution in [0.2, 0.25) is 0 Å². The van der Waals surface area contributed by atoms with Gasteiger partial charge in [0.2, 0.25) is 11.1 Å². The Labute approximate surface area is 171 Å². The maximum absolute atomic E-state index is 12.7. The lowest BCUT2D eigenvalue weighted by atomic mass is 10.1. The van der Waals surface area contributed by atoms with Crippen LogP contribution in [0.1, 0.15) is 12.5 Å². The van der Waals surface area contributed by atoms with Gasteiger partial charge in [0.15, 0.2) is 11.0 Å². The van der Waals surface area contributed by atoms with Crippen molar-refractivity contribution < 1.29 is 4.79 Å². The summed E-state index contributed by atoms with van der Waals surface area (Å²) >= 11 is 2.85. The van der Waals surface area contributed by atoms with Crippen LogP contribution in [0.15, 0.2) is 53.7 Å². The van der Waals surface area contributed by atoms with Gasteiger partial charge in [-0.1, -0.05) is 65.1 Å². The molecule has 4 aromatic rings. The summed E-state index contributed by atoms with van der Waals surface area (Å²) in [6, 6.07) is 16.0. The zero-order valence-electron chi connectivity index (χ0n) is 15.5. The highest BCUT2D eigenvalue weighted by molar-refractivity contribution is 7.99. The number of carbonyl (C=O) groups is 1. The molecule has 0 unspecified atom stereocenters. The lowest BCUT2D eigenvalue weighted by molar-refractivity contribution is -0.116. The molecule has 0 saturated heterocycles. The van der Waals surface area contributed by atoms with Crippen molar-refractivity contribution in [2.75, 3.05) is 17.2 Å². The smallest absolute Gasteiger partial charge is 0.239 e. The molecule has 1 amide bonds. The van der Waals surface area contributed by atoms with Gasteiger partial charge in [0, 0.05) is 12.1 Å². The number of anilines is 1. The first-order valence-electron chi connectivity index (χ1n) is 8.92. The number of nitrogens with zero attached hydrogens (tertiary/aromatic N) is 4. The summed E-state index contributed by atoms with van der Waals surface area (Å²) < 4.78 is 1.08. The molecule has 1 N–H and O–H groups in total. The van der Waals surface area contributed by atoms with E-state index in [1.165, 1.54) is 28.7 Å². The summed E-state index contributed by atoms with van der Waals surface area (Å²) in [5.74, 6) is 0.955. The molecule has 0 aliphatic rings. The average molecular weight is 410 g/mol. The average Bonchev–Trinajstić information content (AvgIpc) is 3.34. The third-order valence-electron chi connectivity index (χ3n) is 4.25. The van der Waals surface area contributed by atoms with Crippen molar-refractivity contribution in [3.63, 3.8) is 0 Å². The molecule has 0 spiro atoms. The predicted molar refractivity (Wildman–Crippen MR) is 115 cm³/mol. The molecule has 2 heterocycles. The van der Waals surface area contributed by atoms with Crippen LogP contribution in [0.3, 0.4) is 0 Å². The van der Waals surface area contributed by atoms with E-state index in [2.05, 4.69) is 20.2 Å². The van der Waals surface area contributed by atoms with Crippen LogP contribution in [0.4, 0.5) is 5.13 Å². The minimum Gasteiger partial charge on any atom is -0.288 e. The maximum atomic E-state index is 12.7. The van der Waals surface area contributed by atoms with E-state index < -0.39 is 0 Å². The monoisotopic (exact) mass is 409 g/mol. The zero-order chi connectivity index (χ0) is 19.5. The molecular weight excluding hydrogens is 390 g/mol. The number of fused-ring (bicyclic) bond motifs is 1. The molecule has 0 aliphatic carbocycles. The topological polar surface area (TPSA) is 74.8 Å². The van der Waals surface area contributed by atoms with Gasteiger partial charge in [0.25, 0.3) is 0 Å². The fraction of sp³-hybridized carbons (Fsp3) is 0.200. The number of carbonyl (C=O) groups excluding carboxylic acids is 1. The summed E-state index contributed by atoms with van der Waals surface area (Å²) in [4.78, 5) is 23.5. The first-order valence-corrected chi connectivity index (χ1v) is 10.7. The molecule has 0 radical (unpaired) electrons. The molecule has 28 heavy (non-hydrogen) atoms. The number of nitrogens with one attached hydrogen (secondary N) is 1. The van der Waals surface area contributed by atoms with Gasteiger partial charge < -0.3 is 0 Å². The van der Waals surface area contributed by atoms with E-state index in [0.29, 0.717) is 17.5 Å². The standard InChI is InChI=1S/C20H19N5OS2/c1-3-25(20-21-15-6-4-5-7-16(15)28-20)17(26)12-27-19-22-18(23-24-19)14-10-8-13(2)9-11-14/h4-11H,3,12H2,1-2H3,(H,22,23,24). The van der Waals surface area contributed by atoms with Gasteiger partial charge in [-0.05, 0) is 26.0 Å². The minimum absolute atomic E-state index is 0.00626. The summed E-state index contributed by atoms with van der Waals surface area (Å²) in [6.45, 7) is 4.57. The van der Waals surface area contributed by atoms with Crippen molar-refractivity contribution in [1.29, 1.82) is 0 Å². The van der Waals surface area contributed by atoms with Gasteiger partial charge in [0.1, 0.15) is 0 Å². The Balaban J connectivity index is 1.43. The van der Waals surface area contributed by atoms with E-state index in [4.69, 9.17) is 0 Å². The Bertz CT molecular complexity index is 1070. The normalized spacial score (nSPS) is 11.1. The van der Waals surface area contributed by atoms with E-state index in [1.54, 1.807) is 4.90 Å². The summed E-state index contributed by atoms with van der Waals surface area (Å²) in [5.41, 5.74) is 3.08. The molecule has 142 valence electrons. The Hall–Kier alpha value is -2.71. The number of hydrogen-bond acceptors (Lipinski definition) is 6. The van der Waals surface area contributed by atoms with Crippen LogP contribution in [0.5, 0.6) is 0 Å². The molecule has 4 rings (SSSR count). The van der Waals surface area contributed by atoms with E-state index in [1.807, 2.05) is 62.4 Å². The van der Waals surface area contributed by atoms with Crippen molar-refractivity contribution in [1.82, 2.24) is 20.2 Å². The van der Waals surface area contributed by atoms with E-state index >= 15 is 0 Å². The van der Waals surface area contributed by atoms with Crippen molar-refractivity contribution in [2.24, 2.45) is 0 Å². The third kappa shape index (κ3) is 3.93. The highest BCUT2D eigenvalue weighted by Crippen LogP contribution is 2.29. The van der Waals surface area contributed by atoms with Gasteiger partial charge in [-0.25, -0.2) is 9.97 Å². The van der Waals surface area contributed by atoms with Crippen LogP contribution in [0.25, 0.3) is 21.6 Å². The van der Waals surface area contributed by atoms with E-state index in [9.17, 15) is 4.79 Å². The fourth-order valence-electron chi connectivity index (χ4n) is 2.75. The van der Waals surface area contributed by atoms with Gasteiger partial charge >= 0.3 is 0 Å². The first-order chi connectivity index (χ1) is 13.6. The number of benzene rings is 2.